The van der Waals surface area contributed by atoms with Gasteiger partial charge in [-0.2, -0.15) is 4.31 Å². The predicted octanol–water partition coefficient (Wildman–Crippen LogP) is 2.62. The van der Waals surface area contributed by atoms with Crippen molar-refractivity contribution in [2.45, 2.75) is 30.6 Å². The molecule has 3 rings (SSSR count). The minimum absolute atomic E-state index is 0.227. The Hall–Kier alpha value is -1.77. The van der Waals surface area contributed by atoms with Crippen molar-refractivity contribution in [3.05, 3.63) is 65.7 Å². The maximum absolute atomic E-state index is 13.1. The fourth-order valence-electron chi connectivity index (χ4n) is 3.06. The van der Waals surface area contributed by atoms with Gasteiger partial charge < -0.3 is 14.2 Å². The first-order chi connectivity index (χ1) is 13.5. The first-order valence-electron chi connectivity index (χ1n) is 9.32. The van der Waals surface area contributed by atoms with E-state index in [1.165, 1.54) is 4.31 Å². The third-order valence-electron chi connectivity index (χ3n) is 4.74. The second-order valence-corrected chi connectivity index (χ2v) is 8.89. The summed E-state index contributed by atoms with van der Waals surface area (Å²) in [5.41, 5.74) is 2.08. The van der Waals surface area contributed by atoms with Crippen LogP contribution >= 0.6 is 0 Å². The van der Waals surface area contributed by atoms with Crippen molar-refractivity contribution < 1.29 is 22.6 Å². The summed E-state index contributed by atoms with van der Waals surface area (Å²) in [7, 11) is -2.07. The largest absolute Gasteiger partial charge is 0.378 e. The van der Waals surface area contributed by atoms with E-state index in [1.807, 2.05) is 37.3 Å². The van der Waals surface area contributed by atoms with Crippen molar-refractivity contribution in [1.29, 1.82) is 0 Å². The van der Waals surface area contributed by atoms with Gasteiger partial charge in [-0.15, -0.1) is 0 Å². The summed E-state index contributed by atoms with van der Waals surface area (Å²) >= 11 is 0. The zero-order valence-electron chi connectivity index (χ0n) is 16.3. The topological polar surface area (TPSA) is 65.1 Å². The van der Waals surface area contributed by atoms with E-state index in [0.717, 1.165) is 11.1 Å². The van der Waals surface area contributed by atoms with Crippen LogP contribution in [0.3, 0.4) is 0 Å². The molecule has 6 nitrogen and oxygen atoms in total. The number of benzene rings is 2. The lowest BCUT2D eigenvalue weighted by Crippen LogP contribution is -2.40. The fraction of sp³-hybridized carbons (Fsp3) is 0.429. The molecule has 1 aliphatic heterocycles. The summed E-state index contributed by atoms with van der Waals surface area (Å²) in [6.45, 7) is 3.50. The molecule has 2 aromatic rings. The minimum atomic E-state index is -3.64. The quantitative estimate of drug-likeness (QED) is 0.709. The van der Waals surface area contributed by atoms with Gasteiger partial charge in [-0.1, -0.05) is 48.0 Å². The molecule has 0 unspecified atom stereocenters. The van der Waals surface area contributed by atoms with Gasteiger partial charge in [0, 0.05) is 20.2 Å². The molecule has 1 saturated heterocycles. The predicted molar refractivity (Wildman–Crippen MR) is 107 cm³/mol. The number of hydrogen-bond acceptors (Lipinski definition) is 5. The van der Waals surface area contributed by atoms with E-state index >= 15 is 0 Å². The van der Waals surface area contributed by atoms with Crippen molar-refractivity contribution in [2.75, 3.05) is 33.4 Å². The molecule has 1 aliphatic rings. The molecule has 0 spiro atoms. The van der Waals surface area contributed by atoms with E-state index in [1.54, 1.807) is 31.4 Å². The zero-order valence-corrected chi connectivity index (χ0v) is 17.1. The summed E-state index contributed by atoms with van der Waals surface area (Å²) in [6.07, 6.45) is -0.677. The first-order valence-corrected chi connectivity index (χ1v) is 10.8. The lowest BCUT2D eigenvalue weighted by Gasteiger charge is -2.24. The van der Waals surface area contributed by atoms with E-state index in [2.05, 4.69) is 0 Å². The molecule has 1 fully saturated rings. The number of ether oxygens (including phenoxy) is 3. The summed E-state index contributed by atoms with van der Waals surface area (Å²) in [5.74, 6) is 0. The molecule has 0 N–H and O–H groups in total. The van der Waals surface area contributed by atoms with Gasteiger partial charge in [-0.05, 0) is 24.6 Å². The highest BCUT2D eigenvalue weighted by molar-refractivity contribution is 7.89. The molecule has 0 amide bonds. The van der Waals surface area contributed by atoms with Crippen molar-refractivity contribution in [2.24, 2.45) is 0 Å². The fourth-order valence-corrected chi connectivity index (χ4v) is 4.56. The SMILES string of the molecule is CO[C@H]1CO[C@H](COCc2ccccc2)CN(S(=O)(=O)c2ccc(C)cc2)C1. The van der Waals surface area contributed by atoms with Crippen molar-refractivity contribution >= 4 is 10.0 Å². The molecule has 2 aromatic carbocycles. The van der Waals surface area contributed by atoms with Crippen LogP contribution in [0.15, 0.2) is 59.5 Å². The van der Waals surface area contributed by atoms with Crippen LogP contribution in [0.25, 0.3) is 0 Å². The Balaban J connectivity index is 1.69. The molecule has 1 heterocycles. The Kier molecular flexibility index (Phi) is 7.20. The molecule has 152 valence electrons. The number of sulfonamides is 1. The highest BCUT2D eigenvalue weighted by Crippen LogP contribution is 2.20. The van der Waals surface area contributed by atoms with E-state index in [4.69, 9.17) is 14.2 Å². The molecule has 28 heavy (non-hydrogen) atoms. The lowest BCUT2D eigenvalue weighted by molar-refractivity contribution is -0.0436. The highest BCUT2D eigenvalue weighted by Gasteiger charge is 2.33. The maximum Gasteiger partial charge on any atom is 0.243 e. The normalized spacial score (nSPS) is 21.4. The van der Waals surface area contributed by atoms with Crippen molar-refractivity contribution in [1.82, 2.24) is 4.31 Å². The average molecular weight is 406 g/mol. The third kappa shape index (κ3) is 5.40. The summed E-state index contributed by atoms with van der Waals surface area (Å²) in [4.78, 5) is 0.277. The van der Waals surface area contributed by atoms with E-state index < -0.39 is 10.0 Å². The van der Waals surface area contributed by atoms with Gasteiger partial charge in [0.15, 0.2) is 0 Å². The summed E-state index contributed by atoms with van der Waals surface area (Å²) < 4.78 is 44.7. The van der Waals surface area contributed by atoms with E-state index in [0.29, 0.717) is 19.8 Å². The van der Waals surface area contributed by atoms with Crippen LogP contribution < -0.4 is 0 Å². The van der Waals surface area contributed by atoms with Crippen LogP contribution in [0, 0.1) is 6.92 Å². The summed E-state index contributed by atoms with van der Waals surface area (Å²) in [6, 6.07) is 16.7. The number of rotatable bonds is 7. The van der Waals surface area contributed by atoms with Gasteiger partial charge in [0.2, 0.25) is 10.0 Å². The van der Waals surface area contributed by atoms with E-state index in [9.17, 15) is 8.42 Å². The molecule has 0 aromatic heterocycles. The molecule has 7 heteroatoms. The smallest absolute Gasteiger partial charge is 0.243 e. The van der Waals surface area contributed by atoms with Gasteiger partial charge in [0.1, 0.15) is 0 Å². The average Bonchev–Trinajstić information content (AvgIpc) is 2.92. The van der Waals surface area contributed by atoms with Crippen LogP contribution in [-0.4, -0.2) is 58.3 Å². The lowest BCUT2D eigenvalue weighted by atomic mass is 10.2. The number of hydrogen-bond donors (Lipinski definition) is 0. The van der Waals surface area contributed by atoms with Crippen LogP contribution in [0.2, 0.25) is 0 Å². The van der Waals surface area contributed by atoms with Gasteiger partial charge in [-0.25, -0.2) is 8.42 Å². The third-order valence-corrected chi connectivity index (χ3v) is 6.59. The zero-order chi connectivity index (χ0) is 20.0. The number of aryl methyl sites for hydroxylation is 1. The Morgan fingerprint density at radius 3 is 2.46 bits per heavy atom. The Bertz CT molecular complexity index is 839. The molecular formula is C21H27NO5S. The highest BCUT2D eigenvalue weighted by atomic mass is 32.2. The molecule has 0 radical (unpaired) electrons. The minimum Gasteiger partial charge on any atom is -0.378 e. The Labute approximate surface area is 167 Å². The van der Waals surface area contributed by atoms with Crippen LogP contribution in [0.1, 0.15) is 11.1 Å². The second kappa shape index (κ2) is 9.62. The van der Waals surface area contributed by atoms with Crippen molar-refractivity contribution in [3.8, 4) is 0 Å². The Morgan fingerprint density at radius 1 is 1.07 bits per heavy atom. The van der Waals surface area contributed by atoms with E-state index in [-0.39, 0.29) is 30.2 Å². The summed E-state index contributed by atoms with van der Waals surface area (Å²) in [5, 5.41) is 0. The molecular weight excluding hydrogens is 378 g/mol. The standard InChI is InChI=1S/C21H27NO5S/c1-17-8-10-21(11-9-17)28(23,24)22-12-19(25-2)16-27-20(13-22)15-26-14-18-6-4-3-5-7-18/h3-11,19-20H,12-16H2,1-2H3/t19-,20+/m1/s1. The molecule has 0 saturated carbocycles. The van der Waals surface area contributed by atoms with Crippen molar-refractivity contribution in [3.63, 3.8) is 0 Å². The van der Waals surface area contributed by atoms with Gasteiger partial charge in [0.05, 0.1) is 36.9 Å². The van der Waals surface area contributed by atoms with Crippen LogP contribution in [0.4, 0.5) is 0 Å². The number of methoxy groups -OCH3 is 1. The molecule has 0 bridgehead atoms. The second-order valence-electron chi connectivity index (χ2n) is 6.95. The monoisotopic (exact) mass is 405 g/mol. The van der Waals surface area contributed by atoms with Gasteiger partial charge >= 0.3 is 0 Å². The van der Waals surface area contributed by atoms with Crippen LogP contribution in [0.5, 0.6) is 0 Å². The van der Waals surface area contributed by atoms with Gasteiger partial charge in [-0.3, -0.25) is 0 Å². The first kappa shape index (κ1) is 21.0. The Morgan fingerprint density at radius 2 is 1.79 bits per heavy atom. The number of nitrogens with zero attached hydrogens (tertiary/aromatic N) is 1. The molecule has 2 atom stereocenters. The van der Waals surface area contributed by atoms with Gasteiger partial charge in [0.25, 0.3) is 0 Å². The maximum atomic E-state index is 13.1. The van der Waals surface area contributed by atoms with Crippen LogP contribution in [-0.2, 0) is 30.8 Å². The molecule has 0 aliphatic carbocycles.